The first-order chi connectivity index (χ1) is 11.6. The fraction of sp³-hybridized carbons (Fsp3) is 0.438. The van der Waals surface area contributed by atoms with Gasteiger partial charge in [0.2, 0.25) is 0 Å². The number of hydrogen-bond acceptors (Lipinski definition) is 9. The minimum atomic E-state index is -0.995. The molecule has 0 heterocycles. The number of rotatable bonds is 5. The van der Waals surface area contributed by atoms with Crippen molar-refractivity contribution in [3.8, 4) is 17.2 Å². The van der Waals surface area contributed by atoms with E-state index < -0.39 is 35.2 Å². The van der Waals surface area contributed by atoms with Gasteiger partial charge >= 0.3 is 43.7 Å². The van der Waals surface area contributed by atoms with E-state index in [0.717, 1.165) is 12.1 Å². The maximum Gasteiger partial charge on any atom is 2.00 e. The third kappa shape index (κ3) is 14.6. The molecule has 1 aromatic rings. The van der Waals surface area contributed by atoms with Gasteiger partial charge < -0.3 is 39.9 Å². The van der Waals surface area contributed by atoms with Crippen molar-refractivity contribution in [2.75, 3.05) is 6.61 Å². The number of ether oxygens (including phenoxy) is 1. The van der Waals surface area contributed by atoms with Crippen LogP contribution in [0.5, 0.6) is 17.2 Å². The topological polar surface area (TPSA) is 167 Å². The summed E-state index contributed by atoms with van der Waals surface area (Å²) in [6.07, 6.45) is 0.905. The maximum absolute atomic E-state index is 11.3. The number of carbonyl (C=O) groups is 3. The van der Waals surface area contributed by atoms with E-state index in [9.17, 15) is 24.6 Å². The number of phenols is 3. The van der Waals surface area contributed by atoms with Gasteiger partial charge in [-0.05, 0) is 31.4 Å². The van der Waals surface area contributed by atoms with Crippen molar-refractivity contribution in [3.63, 3.8) is 0 Å². The molecule has 0 amide bonds. The van der Waals surface area contributed by atoms with Crippen LogP contribution in [0.4, 0.5) is 0 Å². The Morgan fingerprint density at radius 1 is 0.923 bits per heavy atom. The van der Waals surface area contributed by atoms with E-state index in [4.69, 9.17) is 20.1 Å². The second kappa shape index (κ2) is 16.7. The molecule has 0 bridgehead atoms. The number of esters is 1. The molecule has 0 atom stereocenters. The summed E-state index contributed by atoms with van der Waals surface area (Å²) in [6.45, 7) is 5.19. The van der Waals surface area contributed by atoms with E-state index >= 15 is 0 Å². The quantitative estimate of drug-likeness (QED) is 0.329. The van der Waals surface area contributed by atoms with Gasteiger partial charge in [0, 0.05) is 11.9 Å². The van der Waals surface area contributed by atoms with Crippen LogP contribution in [0.1, 0.15) is 50.4 Å². The van der Waals surface area contributed by atoms with Crippen molar-refractivity contribution in [1.82, 2.24) is 0 Å². The minimum Gasteiger partial charge on any atom is -0.550 e. The number of phenolic OH excluding ortho intramolecular Hbond substituents is 3. The van der Waals surface area contributed by atoms with Gasteiger partial charge in [-0.1, -0.05) is 20.8 Å². The predicted molar refractivity (Wildman–Crippen MR) is 88.4 cm³/mol. The average Bonchev–Trinajstić information content (AvgIpc) is 2.57. The molecule has 0 aromatic heterocycles. The Kier molecular flexibility index (Phi) is 18.7. The summed E-state index contributed by atoms with van der Waals surface area (Å²) in [7, 11) is 0. The second-order valence-electron chi connectivity index (χ2n) is 4.45. The molecule has 0 saturated carbocycles. The molecule has 0 radical (unpaired) electrons. The van der Waals surface area contributed by atoms with E-state index in [-0.39, 0.29) is 62.8 Å². The van der Waals surface area contributed by atoms with Gasteiger partial charge in [0.05, 0.1) is 12.2 Å². The Morgan fingerprint density at radius 3 is 1.54 bits per heavy atom. The molecule has 0 spiro atoms. The molecule has 1 rings (SSSR count). The molecule has 1 aromatic carbocycles. The largest absolute Gasteiger partial charge is 2.00 e. The third-order valence-corrected chi connectivity index (χ3v) is 2.32. The van der Waals surface area contributed by atoms with Gasteiger partial charge in [-0.25, -0.2) is 4.79 Å². The van der Waals surface area contributed by atoms with Gasteiger partial charge in [0.25, 0.3) is 0 Å². The zero-order chi connectivity index (χ0) is 20.0. The summed E-state index contributed by atoms with van der Waals surface area (Å²) in [5, 5.41) is 45.8. The van der Waals surface area contributed by atoms with Crippen molar-refractivity contribution >= 4 is 55.6 Å². The van der Waals surface area contributed by atoms with Crippen molar-refractivity contribution in [3.05, 3.63) is 17.7 Å². The van der Waals surface area contributed by atoms with Gasteiger partial charge in [-0.3, -0.25) is 0 Å². The van der Waals surface area contributed by atoms with Crippen LogP contribution in [0, 0.1) is 0 Å². The van der Waals surface area contributed by atoms with Gasteiger partial charge in [-0.2, -0.15) is 0 Å². The van der Waals surface area contributed by atoms with E-state index in [2.05, 4.69) is 0 Å². The molecular formula is C16H22CaO9. The molecule has 0 aliphatic heterocycles. The zero-order valence-electron chi connectivity index (χ0n) is 15.0. The van der Waals surface area contributed by atoms with Crippen LogP contribution in [0.3, 0.4) is 0 Å². The first-order valence-corrected chi connectivity index (χ1v) is 7.42. The molecule has 0 unspecified atom stereocenters. The summed E-state index contributed by atoms with van der Waals surface area (Å²) in [6, 6.07) is 2.07. The van der Waals surface area contributed by atoms with Crippen LogP contribution >= 0.6 is 0 Å². The van der Waals surface area contributed by atoms with Crippen LogP contribution in [0.15, 0.2) is 12.1 Å². The minimum absolute atomic E-state index is 0. The van der Waals surface area contributed by atoms with E-state index in [1.54, 1.807) is 0 Å². The fourth-order valence-electron chi connectivity index (χ4n) is 1.00. The van der Waals surface area contributed by atoms with Crippen LogP contribution in [0.2, 0.25) is 0 Å². The molecule has 3 N–H and O–H groups in total. The molecule has 0 aliphatic carbocycles. The van der Waals surface area contributed by atoms with E-state index in [1.807, 2.05) is 6.92 Å². The van der Waals surface area contributed by atoms with Crippen LogP contribution in [0.25, 0.3) is 0 Å². The molecule has 0 fully saturated rings. The number of benzene rings is 1. The van der Waals surface area contributed by atoms with Crippen LogP contribution in [-0.4, -0.2) is 77.6 Å². The Labute approximate surface area is 181 Å². The first kappa shape index (κ1) is 29.1. The standard InChI is InChI=1S/C10H12O5.2C3H6O2.Ca/c1-2-3-15-10(14)6-4-7(11)9(13)8(12)5-6;2*1-2-3(4)5;/h4-5,11-13H,2-3H2,1H3;2*2H2,1H3,(H,4,5);/q;;;+2/p-2. The predicted octanol–water partition coefficient (Wildman–Crippen LogP) is -0.718. The summed E-state index contributed by atoms with van der Waals surface area (Å²) in [4.78, 5) is 29.8. The van der Waals surface area contributed by atoms with Crippen LogP contribution < -0.4 is 10.2 Å². The van der Waals surface area contributed by atoms with Crippen LogP contribution in [-0.2, 0) is 14.3 Å². The molecule has 9 nitrogen and oxygen atoms in total. The molecule has 10 heteroatoms. The Hall–Kier alpha value is -1.71. The SMILES string of the molecule is CCC(=O)[O-].CCC(=O)[O-].CCCOC(=O)c1cc(O)c(O)c(O)c1.[Ca+2]. The van der Waals surface area contributed by atoms with Crippen molar-refractivity contribution in [1.29, 1.82) is 0 Å². The summed E-state index contributed by atoms with van der Waals surface area (Å²) >= 11 is 0. The Balaban J connectivity index is -0.000000401. The van der Waals surface area contributed by atoms with Crippen molar-refractivity contribution < 1.29 is 44.7 Å². The van der Waals surface area contributed by atoms with Gasteiger partial charge in [-0.15, -0.1) is 0 Å². The second-order valence-corrected chi connectivity index (χ2v) is 4.45. The average molecular weight is 398 g/mol. The maximum atomic E-state index is 11.3. The number of carboxylic acids is 2. The zero-order valence-corrected chi connectivity index (χ0v) is 17.2. The number of hydrogen-bond donors (Lipinski definition) is 3. The number of aromatic hydroxyl groups is 3. The molecule has 26 heavy (non-hydrogen) atoms. The van der Waals surface area contributed by atoms with Crippen molar-refractivity contribution in [2.45, 2.75) is 40.0 Å². The summed E-state index contributed by atoms with van der Waals surface area (Å²) in [5.41, 5.74) is -0.00347. The smallest absolute Gasteiger partial charge is 0.550 e. The van der Waals surface area contributed by atoms with Gasteiger partial charge in [0.1, 0.15) is 0 Å². The molecule has 142 valence electrons. The molecular weight excluding hydrogens is 376 g/mol. The number of carbonyl (C=O) groups excluding carboxylic acids is 3. The Bertz CT molecular complexity index is 536. The fourth-order valence-corrected chi connectivity index (χ4v) is 1.00. The van der Waals surface area contributed by atoms with E-state index in [1.165, 1.54) is 13.8 Å². The normalized spacial score (nSPS) is 8.58. The monoisotopic (exact) mass is 398 g/mol. The van der Waals surface area contributed by atoms with Crippen molar-refractivity contribution in [2.24, 2.45) is 0 Å². The van der Waals surface area contributed by atoms with Gasteiger partial charge in [0.15, 0.2) is 17.2 Å². The first-order valence-electron chi connectivity index (χ1n) is 7.42. The molecule has 0 saturated heterocycles. The third-order valence-electron chi connectivity index (χ3n) is 2.32. The summed E-state index contributed by atoms with van der Waals surface area (Å²) in [5.74, 6) is -4.41. The number of aliphatic carboxylic acids is 2. The van der Waals surface area contributed by atoms with E-state index in [0.29, 0.717) is 6.42 Å². The molecule has 0 aliphatic rings. The summed E-state index contributed by atoms with van der Waals surface area (Å²) < 4.78 is 4.78. The number of carboxylic acid groups (broad SMARTS) is 2. The Morgan fingerprint density at radius 2 is 1.27 bits per heavy atom.